The molecular weight excluding hydrogens is 462 g/mol. The average Bonchev–Trinajstić information content (AvgIpc) is 3.53. The number of nitrogens with zero attached hydrogens (tertiary/aromatic N) is 4. The summed E-state index contributed by atoms with van der Waals surface area (Å²) in [5.41, 5.74) is 3.19. The van der Waals surface area contributed by atoms with E-state index in [0.717, 1.165) is 37.1 Å². The van der Waals surface area contributed by atoms with E-state index in [9.17, 15) is 9.59 Å². The molecule has 2 aromatic rings. The Bertz CT molecular complexity index is 1260. The number of fused-ring (bicyclic) bond motifs is 1. The highest BCUT2D eigenvalue weighted by molar-refractivity contribution is 8.27. The van der Waals surface area contributed by atoms with Gasteiger partial charge in [0.2, 0.25) is 11.1 Å². The SMILES string of the molecule is Cc1ccc(COc2ccc(C=C3C(=N)N4N=C(CC(=O)N5CCCC5)SC4=NC3=O)cc2)cc1. The number of hydrogen-bond donors (Lipinski definition) is 1. The summed E-state index contributed by atoms with van der Waals surface area (Å²) in [5.74, 6) is 0.199. The number of carbonyl (C=O) groups excluding carboxylic acids is 2. The third-order valence-corrected chi connectivity index (χ3v) is 6.88. The topological polar surface area (TPSA) is 98.4 Å². The van der Waals surface area contributed by atoms with E-state index < -0.39 is 5.91 Å². The highest BCUT2D eigenvalue weighted by Gasteiger charge is 2.36. The van der Waals surface area contributed by atoms with Gasteiger partial charge in [0.15, 0.2) is 5.84 Å². The first-order chi connectivity index (χ1) is 17.0. The fourth-order valence-electron chi connectivity index (χ4n) is 3.99. The first kappa shape index (κ1) is 23.0. The van der Waals surface area contributed by atoms with Crippen molar-refractivity contribution in [2.45, 2.75) is 32.8 Å². The minimum atomic E-state index is -0.490. The number of likely N-dealkylation sites (tertiary alicyclic amines) is 1. The number of amides is 2. The van der Waals surface area contributed by atoms with Crippen molar-refractivity contribution in [2.24, 2.45) is 10.1 Å². The number of aliphatic imine (C=N–C) groups is 1. The number of thioether (sulfide) groups is 1. The van der Waals surface area contributed by atoms with Crippen molar-refractivity contribution in [1.82, 2.24) is 9.91 Å². The van der Waals surface area contributed by atoms with Gasteiger partial charge >= 0.3 is 0 Å². The molecule has 2 amide bonds. The van der Waals surface area contributed by atoms with Gasteiger partial charge in [0.05, 0.1) is 12.0 Å². The fraction of sp³-hybridized carbons (Fsp3) is 0.269. The Hall–Kier alpha value is -3.72. The third kappa shape index (κ3) is 5.19. The lowest BCUT2D eigenvalue weighted by atomic mass is 10.1. The Kier molecular flexibility index (Phi) is 6.50. The summed E-state index contributed by atoms with van der Waals surface area (Å²) in [6.45, 7) is 4.07. The van der Waals surface area contributed by atoms with Crippen molar-refractivity contribution >= 4 is 45.7 Å². The van der Waals surface area contributed by atoms with E-state index in [0.29, 0.717) is 22.6 Å². The van der Waals surface area contributed by atoms with Crippen LogP contribution in [0.15, 0.2) is 64.2 Å². The van der Waals surface area contributed by atoms with Crippen LogP contribution in [0.3, 0.4) is 0 Å². The van der Waals surface area contributed by atoms with Gasteiger partial charge in [0, 0.05) is 13.1 Å². The van der Waals surface area contributed by atoms with Gasteiger partial charge in [-0.25, -0.2) is 0 Å². The second kappa shape index (κ2) is 9.87. The summed E-state index contributed by atoms with van der Waals surface area (Å²) in [6, 6.07) is 15.5. The van der Waals surface area contributed by atoms with Gasteiger partial charge in [0.25, 0.3) is 5.91 Å². The number of nitrogens with one attached hydrogen (secondary N) is 1. The van der Waals surface area contributed by atoms with E-state index in [1.165, 1.54) is 22.3 Å². The monoisotopic (exact) mass is 487 g/mol. The molecule has 8 nitrogen and oxygen atoms in total. The third-order valence-electron chi connectivity index (χ3n) is 5.97. The van der Waals surface area contributed by atoms with Gasteiger partial charge in [-0.3, -0.25) is 15.0 Å². The van der Waals surface area contributed by atoms with Crippen LogP contribution in [0, 0.1) is 12.3 Å². The van der Waals surface area contributed by atoms with Gasteiger partial charge < -0.3 is 9.64 Å². The lowest BCUT2D eigenvalue weighted by Crippen LogP contribution is -2.35. The molecule has 0 unspecified atom stereocenters. The predicted octanol–water partition coefficient (Wildman–Crippen LogP) is 4.21. The van der Waals surface area contributed by atoms with E-state index >= 15 is 0 Å². The maximum absolute atomic E-state index is 12.7. The van der Waals surface area contributed by atoms with Crippen molar-refractivity contribution < 1.29 is 14.3 Å². The molecule has 1 saturated heterocycles. The zero-order valence-electron chi connectivity index (χ0n) is 19.4. The van der Waals surface area contributed by atoms with Crippen LogP contribution < -0.4 is 4.74 Å². The van der Waals surface area contributed by atoms with E-state index in [1.807, 2.05) is 48.2 Å². The molecule has 3 aliphatic heterocycles. The molecule has 1 N–H and O–H groups in total. The quantitative estimate of drug-likeness (QED) is 0.616. The molecule has 3 aliphatic rings. The summed E-state index contributed by atoms with van der Waals surface area (Å²) in [6.07, 6.45) is 3.84. The number of hydrazone groups is 1. The Labute approximate surface area is 207 Å². The van der Waals surface area contributed by atoms with E-state index in [2.05, 4.69) is 22.2 Å². The maximum atomic E-state index is 12.7. The molecule has 0 aromatic heterocycles. The normalized spacial score (nSPS) is 18.6. The highest BCUT2D eigenvalue weighted by atomic mass is 32.2. The predicted molar refractivity (Wildman–Crippen MR) is 137 cm³/mol. The molecule has 9 heteroatoms. The van der Waals surface area contributed by atoms with Crippen LogP contribution in [0.5, 0.6) is 5.75 Å². The van der Waals surface area contributed by atoms with Crippen LogP contribution in [-0.2, 0) is 16.2 Å². The van der Waals surface area contributed by atoms with Gasteiger partial charge in [-0.05, 0) is 60.9 Å². The molecule has 0 atom stereocenters. The molecule has 3 heterocycles. The number of benzene rings is 2. The van der Waals surface area contributed by atoms with Gasteiger partial charge in [-0.2, -0.15) is 15.1 Å². The van der Waals surface area contributed by atoms with E-state index in [1.54, 1.807) is 6.08 Å². The largest absolute Gasteiger partial charge is 0.489 e. The van der Waals surface area contributed by atoms with Crippen LogP contribution in [0.25, 0.3) is 6.08 Å². The van der Waals surface area contributed by atoms with Crippen LogP contribution in [-0.4, -0.2) is 50.9 Å². The zero-order chi connectivity index (χ0) is 24.4. The molecule has 5 rings (SSSR count). The second-order valence-corrected chi connectivity index (χ2v) is 9.66. The van der Waals surface area contributed by atoms with Gasteiger partial charge in [0.1, 0.15) is 17.4 Å². The number of rotatable bonds is 6. The maximum Gasteiger partial charge on any atom is 0.283 e. The summed E-state index contributed by atoms with van der Waals surface area (Å²) in [5, 5.41) is 15.1. The Morgan fingerprint density at radius 1 is 1.11 bits per heavy atom. The molecule has 178 valence electrons. The van der Waals surface area contributed by atoms with Gasteiger partial charge in [-0.15, -0.1) is 0 Å². The van der Waals surface area contributed by atoms with Crippen LogP contribution in [0.1, 0.15) is 36.0 Å². The van der Waals surface area contributed by atoms with Crippen molar-refractivity contribution in [1.29, 1.82) is 5.41 Å². The van der Waals surface area contributed by atoms with Crippen molar-refractivity contribution in [3.05, 3.63) is 70.8 Å². The molecule has 0 aliphatic carbocycles. The number of ether oxygens (including phenoxy) is 1. The minimum absolute atomic E-state index is 0.0208. The highest BCUT2D eigenvalue weighted by Crippen LogP contribution is 2.30. The average molecular weight is 488 g/mol. The Morgan fingerprint density at radius 2 is 1.83 bits per heavy atom. The molecule has 0 radical (unpaired) electrons. The smallest absolute Gasteiger partial charge is 0.283 e. The Balaban J connectivity index is 1.25. The second-order valence-electron chi connectivity index (χ2n) is 8.62. The molecule has 0 bridgehead atoms. The van der Waals surface area contributed by atoms with Gasteiger partial charge in [-0.1, -0.05) is 42.0 Å². The molecule has 2 aromatic carbocycles. The summed E-state index contributed by atoms with van der Waals surface area (Å²) in [7, 11) is 0. The fourth-order valence-corrected chi connectivity index (χ4v) is 4.86. The van der Waals surface area contributed by atoms with Crippen molar-refractivity contribution in [2.75, 3.05) is 13.1 Å². The summed E-state index contributed by atoms with van der Waals surface area (Å²) >= 11 is 1.18. The molecule has 0 saturated carbocycles. The number of aryl methyl sites for hydroxylation is 1. The minimum Gasteiger partial charge on any atom is -0.489 e. The van der Waals surface area contributed by atoms with Crippen LogP contribution >= 0.6 is 11.8 Å². The van der Waals surface area contributed by atoms with Crippen LogP contribution in [0.4, 0.5) is 0 Å². The molecular formula is C26H25N5O3S. The number of hydrogen-bond acceptors (Lipinski definition) is 6. The zero-order valence-corrected chi connectivity index (χ0v) is 20.2. The number of amidine groups is 2. The standard InChI is InChI=1S/C26H25N5O3S/c1-17-4-6-19(7-5-17)16-34-20-10-8-18(9-11-20)14-21-24(27)31-26(28-25(21)33)35-22(29-31)15-23(32)30-12-2-3-13-30/h4-11,14,27H,2-3,12-13,15-16H2,1H3. The first-order valence-electron chi connectivity index (χ1n) is 11.5. The number of carbonyl (C=O) groups is 2. The van der Waals surface area contributed by atoms with E-state index in [4.69, 9.17) is 10.1 Å². The summed E-state index contributed by atoms with van der Waals surface area (Å²) < 4.78 is 5.84. The Morgan fingerprint density at radius 3 is 2.54 bits per heavy atom. The lowest BCUT2D eigenvalue weighted by molar-refractivity contribution is -0.128. The molecule has 1 fully saturated rings. The van der Waals surface area contributed by atoms with Crippen molar-refractivity contribution in [3.63, 3.8) is 0 Å². The van der Waals surface area contributed by atoms with Crippen molar-refractivity contribution in [3.8, 4) is 5.75 Å². The molecule has 0 spiro atoms. The lowest BCUT2D eigenvalue weighted by Gasteiger charge is -2.20. The molecule has 35 heavy (non-hydrogen) atoms. The van der Waals surface area contributed by atoms with Crippen LogP contribution in [0.2, 0.25) is 0 Å². The summed E-state index contributed by atoms with van der Waals surface area (Å²) in [4.78, 5) is 31.0. The first-order valence-corrected chi connectivity index (χ1v) is 12.3. The van der Waals surface area contributed by atoms with E-state index in [-0.39, 0.29) is 23.7 Å².